The summed E-state index contributed by atoms with van der Waals surface area (Å²) >= 11 is 1.14. The van der Waals surface area contributed by atoms with Crippen LogP contribution in [0.2, 0.25) is 0 Å². The van der Waals surface area contributed by atoms with E-state index in [1.807, 2.05) is 0 Å². The van der Waals surface area contributed by atoms with E-state index in [0.29, 0.717) is 29.2 Å². The van der Waals surface area contributed by atoms with E-state index in [4.69, 9.17) is 4.74 Å². The highest BCUT2D eigenvalue weighted by Gasteiger charge is 2.33. The molecule has 8 heteroatoms. The lowest BCUT2D eigenvalue weighted by atomic mass is 10.1. The molecule has 0 unspecified atom stereocenters. The van der Waals surface area contributed by atoms with Crippen molar-refractivity contribution in [2.45, 2.75) is 42.6 Å². The van der Waals surface area contributed by atoms with E-state index in [1.165, 1.54) is 12.1 Å². The highest BCUT2D eigenvalue weighted by Crippen LogP contribution is 2.34. The summed E-state index contributed by atoms with van der Waals surface area (Å²) in [7, 11) is 0. The van der Waals surface area contributed by atoms with Gasteiger partial charge in [0.25, 0.3) is 5.56 Å². The standard InChI is InChI=1S/C21H19F3N2O2S/c22-21(23,24)17-9-3-1-6-14(17)13-29-20-25-18-10-4-2-8-16(18)19(27)26(20)12-15-7-5-11-28-15/h1-4,6,8-10,15H,5,7,11-13H2/t15-/m1/s1. The van der Waals surface area contributed by atoms with Gasteiger partial charge in [-0.1, -0.05) is 42.1 Å². The Bertz CT molecular complexity index is 1080. The van der Waals surface area contributed by atoms with Gasteiger partial charge in [-0.2, -0.15) is 13.2 Å². The Balaban J connectivity index is 1.70. The monoisotopic (exact) mass is 420 g/mol. The van der Waals surface area contributed by atoms with Gasteiger partial charge in [0.1, 0.15) is 0 Å². The van der Waals surface area contributed by atoms with E-state index in [1.54, 1.807) is 34.9 Å². The topological polar surface area (TPSA) is 44.1 Å². The second-order valence-electron chi connectivity index (χ2n) is 6.91. The van der Waals surface area contributed by atoms with Crippen LogP contribution in [0.25, 0.3) is 10.9 Å². The zero-order valence-corrected chi connectivity index (χ0v) is 16.3. The van der Waals surface area contributed by atoms with Gasteiger partial charge in [0, 0.05) is 12.4 Å². The van der Waals surface area contributed by atoms with Crippen molar-refractivity contribution in [1.82, 2.24) is 9.55 Å². The molecule has 1 saturated heterocycles. The maximum Gasteiger partial charge on any atom is 0.416 e. The Labute approximate surface area is 169 Å². The first-order valence-corrected chi connectivity index (χ1v) is 10.3. The molecular formula is C21H19F3N2O2S. The summed E-state index contributed by atoms with van der Waals surface area (Å²) < 4.78 is 47.1. The molecule has 0 bridgehead atoms. The lowest BCUT2D eigenvalue weighted by Gasteiger charge is -2.17. The van der Waals surface area contributed by atoms with Gasteiger partial charge < -0.3 is 4.74 Å². The average Bonchev–Trinajstić information content (AvgIpc) is 3.22. The summed E-state index contributed by atoms with van der Waals surface area (Å²) in [6, 6.07) is 12.5. The molecule has 1 aliphatic heterocycles. The maximum atomic E-state index is 13.3. The smallest absolute Gasteiger partial charge is 0.376 e. The highest BCUT2D eigenvalue weighted by atomic mass is 32.2. The van der Waals surface area contributed by atoms with Crippen molar-refractivity contribution in [3.63, 3.8) is 0 Å². The van der Waals surface area contributed by atoms with Crippen LogP contribution < -0.4 is 5.56 Å². The maximum absolute atomic E-state index is 13.3. The number of hydrogen-bond donors (Lipinski definition) is 0. The molecular weight excluding hydrogens is 401 g/mol. The van der Waals surface area contributed by atoms with Crippen molar-refractivity contribution >= 4 is 22.7 Å². The van der Waals surface area contributed by atoms with Crippen molar-refractivity contribution < 1.29 is 17.9 Å². The Kier molecular flexibility index (Phi) is 5.65. The van der Waals surface area contributed by atoms with Crippen LogP contribution in [0.1, 0.15) is 24.0 Å². The predicted molar refractivity (Wildman–Crippen MR) is 106 cm³/mol. The van der Waals surface area contributed by atoms with Crippen LogP contribution in [-0.4, -0.2) is 22.3 Å². The number of fused-ring (bicyclic) bond motifs is 1. The van der Waals surface area contributed by atoms with Gasteiger partial charge in [0.05, 0.1) is 29.1 Å². The number of hydrogen-bond acceptors (Lipinski definition) is 4. The van der Waals surface area contributed by atoms with E-state index >= 15 is 0 Å². The fourth-order valence-electron chi connectivity index (χ4n) is 3.48. The molecule has 0 spiro atoms. The Morgan fingerprint density at radius 2 is 1.90 bits per heavy atom. The molecule has 1 fully saturated rings. The van der Waals surface area contributed by atoms with E-state index < -0.39 is 11.7 Å². The number of halogens is 3. The third-order valence-electron chi connectivity index (χ3n) is 4.92. The molecule has 1 atom stereocenters. The number of ether oxygens (including phenoxy) is 1. The number of nitrogens with zero attached hydrogens (tertiary/aromatic N) is 2. The van der Waals surface area contributed by atoms with Gasteiger partial charge in [0.15, 0.2) is 5.16 Å². The Morgan fingerprint density at radius 3 is 2.66 bits per heavy atom. The lowest BCUT2D eigenvalue weighted by molar-refractivity contribution is -0.138. The van der Waals surface area contributed by atoms with Crippen LogP contribution in [0.3, 0.4) is 0 Å². The van der Waals surface area contributed by atoms with Crippen LogP contribution in [-0.2, 0) is 23.2 Å². The second-order valence-corrected chi connectivity index (χ2v) is 7.85. The molecule has 2 aromatic carbocycles. The highest BCUT2D eigenvalue weighted by molar-refractivity contribution is 7.98. The van der Waals surface area contributed by atoms with Gasteiger partial charge in [-0.25, -0.2) is 4.98 Å². The molecule has 2 heterocycles. The Hall–Kier alpha value is -2.32. The average molecular weight is 420 g/mol. The molecule has 0 N–H and O–H groups in total. The largest absolute Gasteiger partial charge is 0.416 e. The van der Waals surface area contributed by atoms with E-state index in [9.17, 15) is 18.0 Å². The summed E-state index contributed by atoms with van der Waals surface area (Å²) in [5.74, 6) is 0.0615. The van der Waals surface area contributed by atoms with E-state index in [2.05, 4.69) is 4.98 Å². The zero-order valence-electron chi connectivity index (χ0n) is 15.5. The normalized spacial score (nSPS) is 17.1. The molecule has 3 aromatic rings. The van der Waals surface area contributed by atoms with Crippen LogP contribution in [0, 0.1) is 0 Å². The van der Waals surface area contributed by atoms with Crippen LogP contribution in [0.5, 0.6) is 0 Å². The predicted octanol–water partition coefficient (Wildman–Crippen LogP) is 4.89. The number of rotatable bonds is 5. The van der Waals surface area contributed by atoms with Crippen LogP contribution in [0.15, 0.2) is 58.5 Å². The van der Waals surface area contributed by atoms with Crippen molar-refractivity contribution in [3.8, 4) is 0 Å². The molecule has 0 saturated carbocycles. The molecule has 0 amide bonds. The van der Waals surface area contributed by atoms with Gasteiger partial charge >= 0.3 is 6.18 Å². The quantitative estimate of drug-likeness (QED) is 0.436. The molecule has 4 rings (SSSR count). The number of thioether (sulfide) groups is 1. The SMILES string of the molecule is O=c1c2ccccc2nc(SCc2ccccc2C(F)(F)F)n1C[C@H]1CCCO1. The summed E-state index contributed by atoms with van der Waals surface area (Å²) in [6.45, 7) is 1.00. The molecule has 1 aliphatic rings. The van der Waals surface area contributed by atoms with Crippen molar-refractivity contribution in [2.75, 3.05) is 6.61 Å². The number of aromatic nitrogens is 2. The molecule has 29 heavy (non-hydrogen) atoms. The second kappa shape index (κ2) is 8.20. The van der Waals surface area contributed by atoms with Gasteiger partial charge in [-0.15, -0.1) is 0 Å². The van der Waals surface area contributed by atoms with E-state index in [-0.39, 0.29) is 23.0 Å². The summed E-state index contributed by atoms with van der Waals surface area (Å²) in [5.41, 5.74) is -0.164. The lowest BCUT2D eigenvalue weighted by Crippen LogP contribution is -2.28. The summed E-state index contributed by atoms with van der Waals surface area (Å²) in [5, 5.41) is 0.895. The van der Waals surface area contributed by atoms with Gasteiger partial charge in [-0.3, -0.25) is 9.36 Å². The number of benzene rings is 2. The third-order valence-corrected chi connectivity index (χ3v) is 5.94. The molecule has 4 nitrogen and oxygen atoms in total. The van der Waals surface area contributed by atoms with Crippen LogP contribution >= 0.6 is 11.8 Å². The minimum absolute atomic E-state index is 0.0615. The zero-order chi connectivity index (χ0) is 20.4. The van der Waals surface area contributed by atoms with E-state index in [0.717, 1.165) is 30.7 Å². The van der Waals surface area contributed by atoms with Gasteiger partial charge in [-0.05, 0) is 36.6 Å². The number of alkyl halides is 3. The third kappa shape index (κ3) is 4.33. The molecule has 0 aliphatic carbocycles. The summed E-state index contributed by atoms with van der Waals surface area (Å²) in [6.07, 6.45) is -2.73. The fourth-order valence-corrected chi connectivity index (χ4v) is 4.49. The minimum Gasteiger partial charge on any atom is -0.376 e. The Morgan fingerprint density at radius 1 is 1.14 bits per heavy atom. The first kappa shape index (κ1) is 20.0. The summed E-state index contributed by atoms with van der Waals surface area (Å²) in [4.78, 5) is 17.6. The molecule has 152 valence electrons. The van der Waals surface area contributed by atoms with Crippen LogP contribution in [0.4, 0.5) is 13.2 Å². The van der Waals surface area contributed by atoms with Crippen molar-refractivity contribution in [3.05, 3.63) is 70.0 Å². The van der Waals surface area contributed by atoms with Crippen molar-refractivity contribution in [1.29, 1.82) is 0 Å². The minimum atomic E-state index is -4.43. The first-order valence-electron chi connectivity index (χ1n) is 9.32. The van der Waals surface area contributed by atoms with Gasteiger partial charge in [0.2, 0.25) is 0 Å². The number of para-hydroxylation sites is 1. The fraction of sp³-hybridized carbons (Fsp3) is 0.333. The molecule has 0 radical (unpaired) electrons. The molecule has 1 aromatic heterocycles. The van der Waals surface area contributed by atoms with Crippen molar-refractivity contribution in [2.24, 2.45) is 0 Å². The first-order chi connectivity index (χ1) is 13.9.